The third-order valence-corrected chi connectivity index (χ3v) is 6.51. The zero-order chi connectivity index (χ0) is 19.6. The highest BCUT2D eigenvalue weighted by atomic mass is 35.5. The lowest BCUT2D eigenvalue weighted by atomic mass is 9.84. The molecule has 1 unspecified atom stereocenters. The second-order valence-corrected chi connectivity index (χ2v) is 8.77. The molecule has 0 saturated heterocycles. The summed E-state index contributed by atoms with van der Waals surface area (Å²) >= 11 is 5.83. The number of carbonyl (C=O) groups is 1. The van der Waals surface area contributed by atoms with Crippen LogP contribution in [0.1, 0.15) is 28.7 Å². The van der Waals surface area contributed by atoms with Crippen LogP contribution in [0.15, 0.2) is 47.4 Å². The van der Waals surface area contributed by atoms with Gasteiger partial charge in [0.05, 0.1) is 4.90 Å². The van der Waals surface area contributed by atoms with Crippen LogP contribution in [0.2, 0.25) is 5.02 Å². The summed E-state index contributed by atoms with van der Waals surface area (Å²) in [6.07, 6.45) is 4.66. The second-order valence-electron chi connectivity index (χ2n) is 6.62. The van der Waals surface area contributed by atoms with Crippen molar-refractivity contribution in [3.05, 3.63) is 69.8 Å². The SMILES string of the molecule is Cc1ccc2c(c1C=CC(=O)O)CCC(NS(=O)(=O)c1ccc(Cl)cc1)C2. The topological polar surface area (TPSA) is 83.5 Å². The molecule has 3 rings (SSSR count). The first kappa shape index (κ1) is 19.6. The third-order valence-electron chi connectivity index (χ3n) is 4.72. The lowest BCUT2D eigenvalue weighted by Gasteiger charge is -2.27. The van der Waals surface area contributed by atoms with E-state index in [1.165, 1.54) is 12.1 Å². The summed E-state index contributed by atoms with van der Waals surface area (Å²) in [7, 11) is -3.62. The Morgan fingerprint density at radius 2 is 1.93 bits per heavy atom. The smallest absolute Gasteiger partial charge is 0.328 e. The van der Waals surface area contributed by atoms with E-state index in [0.717, 1.165) is 28.3 Å². The van der Waals surface area contributed by atoms with Crippen molar-refractivity contribution >= 4 is 33.7 Å². The molecule has 2 N–H and O–H groups in total. The molecule has 0 bridgehead atoms. The van der Waals surface area contributed by atoms with Gasteiger partial charge in [0.1, 0.15) is 0 Å². The summed E-state index contributed by atoms with van der Waals surface area (Å²) in [5.74, 6) is -0.989. The maximum absolute atomic E-state index is 12.6. The lowest BCUT2D eigenvalue weighted by Crippen LogP contribution is -2.39. The van der Waals surface area contributed by atoms with Crippen LogP contribution in [-0.4, -0.2) is 25.5 Å². The van der Waals surface area contributed by atoms with E-state index in [9.17, 15) is 13.2 Å². The number of rotatable bonds is 5. The number of hydrogen-bond donors (Lipinski definition) is 2. The van der Waals surface area contributed by atoms with Gasteiger partial charge in [-0.1, -0.05) is 23.7 Å². The molecule has 0 spiro atoms. The maximum atomic E-state index is 12.6. The lowest BCUT2D eigenvalue weighted by molar-refractivity contribution is -0.131. The van der Waals surface area contributed by atoms with Crippen LogP contribution in [0.4, 0.5) is 0 Å². The molecule has 142 valence electrons. The molecule has 0 saturated carbocycles. The minimum Gasteiger partial charge on any atom is -0.478 e. The van der Waals surface area contributed by atoms with E-state index in [2.05, 4.69) is 4.72 Å². The van der Waals surface area contributed by atoms with E-state index >= 15 is 0 Å². The Kier molecular flexibility index (Phi) is 5.69. The Balaban J connectivity index is 1.81. The number of sulfonamides is 1. The van der Waals surface area contributed by atoms with Gasteiger partial charge in [-0.2, -0.15) is 0 Å². The number of aliphatic carboxylic acids is 1. The van der Waals surface area contributed by atoms with Gasteiger partial charge in [-0.25, -0.2) is 17.9 Å². The van der Waals surface area contributed by atoms with Gasteiger partial charge < -0.3 is 5.11 Å². The van der Waals surface area contributed by atoms with Gasteiger partial charge in [0, 0.05) is 17.1 Å². The number of carboxylic acids is 1. The molecule has 2 aromatic rings. The predicted octanol–water partition coefficient (Wildman–Crippen LogP) is 3.58. The molecule has 0 aliphatic heterocycles. The van der Waals surface area contributed by atoms with Crippen molar-refractivity contribution in [2.75, 3.05) is 0 Å². The van der Waals surface area contributed by atoms with Gasteiger partial charge in [-0.05, 0) is 78.8 Å². The van der Waals surface area contributed by atoms with Crippen molar-refractivity contribution in [1.82, 2.24) is 4.72 Å². The monoisotopic (exact) mass is 405 g/mol. The number of hydrogen-bond acceptors (Lipinski definition) is 3. The van der Waals surface area contributed by atoms with Crippen LogP contribution in [-0.2, 0) is 27.7 Å². The number of fused-ring (bicyclic) bond motifs is 1. The standard InChI is InChI=1S/C20H20ClNO4S/c1-13-2-3-14-12-16(6-9-19(14)18(13)10-11-20(23)24)22-27(25,26)17-7-4-15(21)5-8-17/h2-5,7-8,10-11,16,22H,6,9,12H2,1H3,(H,23,24). The van der Waals surface area contributed by atoms with Crippen LogP contribution in [0.25, 0.3) is 6.08 Å². The summed E-state index contributed by atoms with van der Waals surface area (Å²) in [6, 6.07) is 9.80. The summed E-state index contributed by atoms with van der Waals surface area (Å²) in [6.45, 7) is 1.94. The Morgan fingerprint density at radius 1 is 1.22 bits per heavy atom. The fourth-order valence-corrected chi connectivity index (χ4v) is 4.78. The van der Waals surface area contributed by atoms with E-state index in [0.29, 0.717) is 24.3 Å². The average molecular weight is 406 g/mol. The van der Waals surface area contributed by atoms with Crippen molar-refractivity contribution in [2.24, 2.45) is 0 Å². The first-order chi connectivity index (χ1) is 12.8. The first-order valence-corrected chi connectivity index (χ1v) is 10.4. The zero-order valence-corrected chi connectivity index (χ0v) is 16.3. The van der Waals surface area contributed by atoms with Crippen molar-refractivity contribution in [1.29, 1.82) is 0 Å². The normalized spacial score (nSPS) is 17.0. The van der Waals surface area contributed by atoms with Gasteiger partial charge in [0.25, 0.3) is 0 Å². The van der Waals surface area contributed by atoms with Gasteiger partial charge in [-0.15, -0.1) is 0 Å². The number of halogens is 1. The molecule has 0 heterocycles. The van der Waals surface area contributed by atoms with Crippen LogP contribution in [0.5, 0.6) is 0 Å². The van der Waals surface area contributed by atoms with Crippen molar-refractivity contribution < 1.29 is 18.3 Å². The minimum absolute atomic E-state index is 0.187. The molecule has 0 aromatic heterocycles. The first-order valence-electron chi connectivity index (χ1n) is 8.56. The summed E-state index contributed by atoms with van der Waals surface area (Å²) in [4.78, 5) is 11.0. The Morgan fingerprint density at radius 3 is 2.59 bits per heavy atom. The van der Waals surface area contributed by atoms with E-state index < -0.39 is 16.0 Å². The average Bonchev–Trinajstić information content (AvgIpc) is 2.61. The number of benzene rings is 2. The van der Waals surface area contributed by atoms with Crippen molar-refractivity contribution in [3.63, 3.8) is 0 Å². The largest absolute Gasteiger partial charge is 0.478 e. The molecule has 27 heavy (non-hydrogen) atoms. The Hall–Kier alpha value is -2.15. The highest BCUT2D eigenvalue weighted by Gasteiger charge is 2.25. The summed E-state index contributed by atoms with van der Waals surface area (Å²) in [5.41, 5.74) is 4.05. The van der Waals surface area contributed by atoms with Gasteiger partial charge in [0.2, 0.25) is 10.0 Å². The van der Waals surface area contributed by atoms with E-state index in [1.807, 2.05) is 19.1 Å². The fraction of sp³-hybridized carbons (Fsp3) is 0.250. The minimum atomic E-state index is -3.62. The molecule has 0 radical (unpaired) electrons. The fourth-order valence-electron chi connectivity index (χ4n) is 3.39. The molecule has 0 fully saturated rings. The highest BCUT2D eigenvalue weighted by molar-refractivity contribution is 7.89. The van der Waals surface area contributed by atoms with Crippen LogP contribution in [0.3, 0.4) is 0 Å². The molecule has 0 amide bonds. The van der Waals surface area contributed by atoms with Crippen molar-refractivity contribution in [3.8, 4) is 0 Å². The molecular weight excluding hydrogens is 386 g/mol. The van der Waals surface area contributed by atoms with E-state index in [-0.39, 0.29) is 10.9 Å². The van der Waals surface area contributed by atoms with Gasteiger partial charge in [-0.3, -0.25) is 0 Å². The number of carboxylic acid groups (broad SMARTS) is 1. The van der Waals surface area contributed by atoms with E-state index in [4.69, 9.17) is 16.7 Å². The van der Waals surface area contributed by atoms with Crippen LogP contribution < -0.4 is 4.72 Å². The summed E-state index contributed by atoms with van der Waals surface area (Å²) in [5, 5.41) is 9.38. The molecule has 5 nitrogen and oxygen atoms in total. The number of aryl methyl sites for hydroxylation is 1. The maximum Gasteiger partial charge on any atom is 0.328 e. The van der Waals surface area contributed by atoms with Crippen molar-refractivity contribution in [2.45, 2.75) is 37.1 Å². The number of nitrogens with one attached hydrogen (secondary N) is 1. The van der Waals surface area contributed by atoms with Gasteiger partial charge >= 0.3 is 5.97 Å². The van der Waals surface area contributed by atoms with Crippen LogP contribution in [0, 0.1) is 6.92 Å². The molecular formula is C20H20ClNO4S. The predicted molar refractivity (Wildman–Crippen MR) is 105 cm³/mol. The Bertz CT molecular complexity index is 997. The second kappa shape index (κ2) is 7.84. The summed E-state index contributed by atoms with van der Waals surface area (Å²) < 4.78 is 28.0. The van der Waals surface area contributed by atoms with Crippen LogP contribution >= 0.6 is 11.6 Å². The third kappa shape index (κ3) is 4.58. The van der Waals surface area contributed by atoms with Gasteiger partial charge in [0.15, 0.2) is 0 Å². The molecule has 1 atom stereocenters. The molecule has 2 aromatic carbocycles. The molecule has 1 aliphatic rings. The Labute approximate surface area is 163 Å². The zero-order valence-electron chi connectivity index (χ0n) is 14.8. The van der Waals surface area contributed by atoms with E-state index in [1.54, 1.807) is 18.2 Å². The quantitative estimate of drug-likeness (QED) is 0.744. The highest BCUT2D eigenvalue weighted by Crippen LogP contribution is 2.29. The molecule has 7 heteroatoms. The molecule has 1 aliphatic carbocycles.